The van der Waals surface area contributed by atoms with E-state index in [2.05, 4.69) is 22.4 Å². The molecule has 21 heavy (non-hydrogen) atoms. The fraction of sp³-hybridized carbons (Fsp3) is 0.312. The molecule has 1 aromatic heterocycles. The second-order valence-corrected chi connectivity index (χ2v) is 5.35. The van der Waals surface area contributed by atoms with Crippen LogP contribution in [0.15, 0.2) is 48.7 Å². The molecule has 0 amide bonds. The van der Waals surface area contributed by atoms with Gasteiger partial charge in [0.1, 0.15) is 0 Å². The molecule has 1 aromatic carbocycles. The average Bonchev–Trinajstić information content (AvgIpc) is 2.46. The lowest BCUT2D eigenvalue weighted by Gasteiger charge is -2.34. The number of aromatic nitrogens is 1. The average molecular weight is 283 g/mol. The van der Waals surface area contributed by atoms with Crippen LogP contribution in [0.1, 0.15) is 30.9 Å². The Bertz CT molecular complexity index is 626. The van der Waals surface area contributed by atoms with Crippen LogP contribution in [0.3, 0.4) is 0 Å². The van der Waals surface area contributed by atoms with Crippen LogP contribution < -0.4 is 5.32 Å². The fourth-order valence-electron chi connectivity index (χ4n) is 2.71. The topological polar surface area (TPSA) is 68.1 Å². The minimum absolute atomic E-state index is 0.0257. The van der Waals surface area contributed by atoms with Crippen LogP contribution in [0.4, 0.5) is 11.5 Å². The SMILES string of the molecule is O=[N+]([O-])c1cccnc1NC(c1ccccc1)C1CCC1. The van der Waals surface area contributed by atoms with Crippen LogP contribution in [0.2, 0.25) is 0 Å². The Kier molecular flexibility index (Phi) is 3.81. The summed E-state index contributed by atoms with van der Waals surface area (Å²) in [5.41, 5.74) is 1.18. The number of anilines is 1. The maximum atomic E-state index is 11.1. The summed E-state index contributed by atoms with van der Waals surface area (Å²) in [4.78, 5) is 14.9. The van der Waals surface area contributed by atoms with E-state index in [1.54, 1.807) is 12.3 Å². The first-order valence-electron chi connectivity index (χ1n) is 7.16. The van der Waals surface area contributed by atoms with Crippen molar-refractivity contribution in [2.75, 3.05) is 5.32 Å². The molecule has 5 heteroatoms. The van der Waals surface area contributed by atoms with E-state index in [1.807, 2.05) is 18.2 Å². The zero-order chi connectivity index (χ0) is 14.7. The van der Waals surface area contributed by atoms with Gasteiger partial charge in [-0.25, -0.2) is 4.98 Å². The van der Waals surface area contributed by atoms with Crippen molar-refractivity contribution in [2.45, 2.75) is 25.3 Å². The smallest absolute Gasteiger partial charge is 0.311 e. The molecule has 1 aliphatic carbocycles. The highest BCUT2D eigenvalue weighted by atomic mass is 16.6. The second kappa shape index (κ2) is 5.91. The summed E-state index contributed by atoms with van der Waals surface area (Å²) in [5, 5.41) is 14.4. The summed E-state index contributed by atoms with van der Waals surface area (Å²) in [6, 6.07) is 13.2. The Morgan fingerprint density at radius 3 is 2.57 bits per heavy atom. The lowest BCUT2D eigenvalue weighted by Crippen LogP contribution is -2.27. The van der Waals surface area contributed by atoms with E-state index >= 15 is 0 Å². The fourth-order valence-corrected chi connectivity index (χ4v) is 2.71. The van der Waals surface area contributed by atoms with Gasteiger partial charge in [-0.2, -0.15) is 0 Å². The van der Waals surface area contributed by atoms with Crippen LogP contribution in [0, 0.1) is 16.0 Å². The van der Waals surface area contributed by atoms with Gasteiger partial charge in [-0.3, -0.25) is 10.1 Å². The summed E-state index contributed by atoms with van der Waals surface area (Å²) in [6.07, 6.45) is 5.10. The van der Waals surface area contributed by atoms with Crippen molar-refractivity contribution >= 4 is 11.5 Å². The van der Waals surface area contributed by atoms with Crippen LogP contribution >= 0.6 is 0 Å². The Morgan fingerprint density at radius 2 is 1.95 bits per heavy atom. The largest absolute Gasteiger partial charge is 0.357 e. The molecule has 0 radical (unpaired) electrons. The lowest BCUT2D eigenvalue weighted by molar-refractivity contribution is -0.384. The van der Waals surface area contributed by atoms with Crippen molar-refractivity contribution < 1.29 is 4.92 Å². The number of nitro groups is 1. The first-order chi connectivity index (χ1) is 10.3. The van der Waals surface area contributed by atoms with Crippen molar-refractivity contribution in [2.24, 2.45) is 5.92 Å². The van der Waals surface area contributed by atoms with E-state index in [4.69, 9.17) is 0 Å². The first kappa shape index (κ1) is 13.5. The van der Waals surface area contributed by atoms with Gasteiger partial charge in [-0.15, -0.1) is 0 Å². The third kappa shape index (κ3) is 2.86. The molecule has 108 valence electrons. The maximum Gasteiger partial charge on any atom is 0.311 e. The Labute approximate surface area is 123 Å². The van der Waals surface area contributed by atoms with E-state index in [0.29, 0.717) is 11.7 Å². The molecule has 1 unspecified atom stereocenters. The molecule has 1 atom stereocenters. The van der Waals surface area contributed by atoms with E-state index < -0.39 is 4.92 Å². The molecule has 1 aliphatic rings. The zero-order valence-electron chi connectivity index (χ0n) is 11.6. The lowest BCUT2D eigenvalue weighted by atomic mass is 9.77. The van der Waals surface area contributed by atoms with Crippen molar-refractivity contribution in [1.29, 1.82) is 0 Å². The molecule has 0 aliphatic heterocycles. The molecule has 1 saturated carbocycles. The molecular weight excluding hydrogens is 266 g/mol. The number of nitrogens with zero attached hydrogens (tertiary/aromatic N) is 2. The molecule has 3 rings (SSSR count). The molecule has 2 aromatic rings. The van der Waals surface area contributed by atoms with Gasteiger partial charge < -0.3 is 5.32 Å². The number of pyridine rings is 1. The number of hydrogen-bond acceptors (Lipinski definition) is 4. The quantitative estimate of drug-likeness (QED) is 0.666. The second-order valence-electron chi connectivity index (χ2n) is 5.35. The van der Waals surface area contributed by atoms with Gasteiger partial charge in [0, 0.05) is 12.3 Å². The third-order valence-corrected chi connectivity index (χ3v) is 4.06. The summed E-state index contributed by atoms with van der Waals surface area (Å²) >= 11 is 0. The summed E-state index contributed by atoms with van der Waals surface area (Å²) in [7, 11) is 0. The summed E-state index contributed by atoms with van der Waals surface area (Å²) in [5.74, 6) is 0.859. The Morgan fingerprint density at radius 1 is 1.19 bits per heavy atom. The first-order valence-corrected chi connectivity index (χ1v) is 7.16. The van der Waals surface area contributed by atoms with Crippen LogP contribution in [-0.4, -0.2) is 9.91 Å². The predicted octanol–water partition coefficient (Wildman–Crippen LogP) is 3.94. The zero-order valence-corrected chi connectivity index (χ0v) is 11.6. The molecule has 0 bridgehead atoms. The van der Waals surface area contributed by atoms with Gasteiger partial charge >= 0.3 is 5.69 Å². The van der Waals surface area contributed by atoms with Crippen LogP contribution in [0.5, 0.6) is 0 Å². The number of hydrogen-bond donors (Lipinski definition) is 1. The van der Waals surface area contributed by atoms with Gasteiger partial charge in [0.05, 0.1) is 11.0 Å². The third-order valence-electron chi connectivity index (χ3n) is 4.06. The minimum atomic E-state index is -0.391. The standard InChI is InChI=1S/C16H17N3O2/c20-19(21)14-10-5-11-17-16(14)18-15(13-8-4-9-13)12-6-2-1-3-7-12/h1-3,5-7,10-11,13,15H,4,8-9H2,(H,17,18). The van der Waals surface area contributed by atoms with Crippen molar-refractivity contribution in [3.05, 3.63) is 64.3 Å². The highest BCUT2D eigenvalue weighted by Crippen LogP contribution is 2.40. The molecule has 1 heterocycles. The van der Waals surface area contributed by atoms with E-state index in [9.17, 15) is 10.1 Å². The number of benzene rings is 1. The highest BCUT2D eigenvalue weighted by Gasteiger charge is 2.30. The van der Waals surface area contributed by atoms with E-state index in [1.165, 1.54) is 12.5 Å². The van der Waals surface area contributed by atoms with E-state index in [0.717, 1.165) is 18.4 Å². The predicted molar refractivity (Wildman–Crippen MR) is 81.0 cm³/mol. The molecule has 5 nitrogen and oxygen atoms in total. The molecule has 0 spiro atoms. The molecule has 1 fully saturated rings. The van der Waals surface area contributed by atoms with Crippen molar-refractivity contribution in [1.82, 2.24) is 4.98 Å². The molecule has 1 N–H and O–H groups in total. The summed E-state index contributed by atoms with van der Waals surface area (Å²) in [6.45, 7) is 0. The number of rotatable bonds is 5. The van der Waals surface area contributed by atoms with Gasteiger partial charge in [-0.05, 0) is 30.4 Å². The van der Waals surface area contributed by atoms with Gasteiger partial charge in [0.2, 0.25) is 5.82 Å². The van der Waals surface area contributed by atoms with Crippen LogP contribution in [-0.2, 0) is 0 Å². The monoisotopic (exact) mass is 283 g/mol. The van der Waals surface area contributed by atoms with Crippen molar-refractivity contribution in [3.63, 3.8) is 0 Å². The molecule has 0 saturated heterocycles. The normalized spacial score (nSPS) is 16.0. The van der Waals surface area contributed by atoms with Crippen LogP contribution in [0.25, 0.3) is 0 Å². The van der Waals surface area contributed by atoms with Gasteiger partial charge in [0.25, 0.3) is 0 Å². The van der Waals surface area contributed by atoms with E-state index in [-0.39, 0.29) is 11.7 Å². The maximum absolute atomic E-state index is 11.1. The number of nitrogens with one attached hydrogen (secondary N) is 1. The van der Waals surface area contributed by atoms with Gasteiger partial charge in [-0.1, -0.05) is 36.8 Å². The van der Waals surface area contributed by atoms with Gasteiger partial charge in [0.15, 0.2) is 0 Å². The minimum Gasteiger partial charge on any atom is -0.357 e. The molecular formula is C16H17N3O2. The highest BCUT2D eigenvalue weighted by molar-refractivity contribution is 5.56. The summed E-state index contributed by atoms with van der Waals surface area (Å²) < 4.78 is 0. The van der Waals surface area contributed by atoms with Crippen molar-refractivity contribution in [3.8, 4) is 0 Å². The Balaban J connectivity index is 1.90. The Hall–Kier alpha value is -2.43.